The molecule has 1 aromatic carbocycles. The summed E-state index contributed by atoms with van der Waals surface area (Å²) in [5, 5.41) is 17.1. The van der Waals surface area contributed by atoms with Gasteiger partial charge >= 0.3 is 5.97 Å². The van der Waals surface area contributed by atoms with Crippen LogP contribution in [-0.2, 0) is 4.79 Å². The molecule has 0 aliphatic carbocycles. The number of carboxylic acids is 1. The highest BCUT2D eigenvalue weighted by molar-refractivity contribution is 5.84. The van der Waals surface area contributed by atoms with Crippen LogP contribution in [0.4, 0.5) is 0 Å². The molecule has 6 heteroatoms. The van der Waals surface area contributed by atoms with Gasteiger partial charge in [-0.3, -0.25) is 4.98 Å². The van der Waals surface area contributed by atoms with Gasteiger partial charge in [-0.15, -0.1) is 10.2 Å². The minimum atomic E-state index is -1.07. The van der Waals surface area contributed by atoms with E-state index in [1.54, 1.807) is 6.20 Å². The number of carboxylic acid groups (broad SMARTS) is 1. The van der Waals surface area contributed by atoms with Crippen LogP contribution in [-0.4, -0.2) is 26.3 Å². The van der Waals surface area contributed by atoms with Gasteiger partial charge in [0.1, 0.15) is 0 Å². The number of rotatable bonds is 3. The third-order valence-electron chi connectivity index (χ3n) is 2.66. The predicted molar refractivity (Wildman–Crippen MR) is 71.7 cm³/mol. The molecule has 0 aliphatic rings. The zero-order valence-electron chi connectivity index (χ0n) is 10.2. The molecule has 0 aliphatic heterocycles. The number of benzene rings is 1. The molecule has 0 unspecified atom stereocenters. The monoisotopic (exact) mass is 267 g/mol. The van der Waals surface area contributed by atoms with Crippen molar-refractivity contribution in [3.63, 3.8) is 0 Å². The van der Waals surface area contributed by atoms with E-state index >= 15 is 0 Å². The summed E-state index contributed by atoms with van der Waals surface area (Å²) in [6.07, 6.45) is 3.92. The van der Waals surface area contributed by atoms with Crippen molar-refractivity contribution < 1.29 is 14.3 Å². The van der Waals surface area contributed by atoms with Gasteiger partial charge in [0.25, 0.3) is 0 Å². The van der Waals surface area contributed by atoms with Gasteiger partial charge in [0.05, 0.1) is 5.52 Å². The van der Waals surface area contributed by atoms with E-state index in [4.69, 9.17) is 9.52 Å². The highest BCUT2D eigenvalue weighted by Crippen LogP contribution is 2.22. The third-order valence-corrected chi connectivity index (χ3v) is 2.66. The largest absolute Gasteiger partial charge is 0.478 e. The normalized spacial score (nSPS) is 11.2. The lowest BCUT2D eigenvalue weighted by Crippen LogP contribution is -1.85. The van der Waals surface area contributed by atoms with Gasteiger partial charge in [-0.05, 0) is 24.3 Å². The molecule has 0 saturated heterocycles. The Kier molecular flexibility index (Phi) is 2.96. The molecule has 2 heterocycles. The number of carbonyl (C=O) groups is 1. The number of hydrogen-bond donors (Lipinski definition) is 1. The summed E-state index contributed by atoms with van der Waals surface area (Å²) in [6, 6.07) is 9.37. The first kappa shape index (κ1) is 12.0. The average molecular weight is 267 g/mol. The molecule has 0 atom stereocenters. The van der Waals surface area contributed by atoms with Crippen molar-refractivity contribution in [2.75, 3.05) is 0 Å². The molecule has 98 valence electrons. The fraction of sp³-hybridized carbons (Fsp3) is 0. The van der Waals surface area contributed by atoms with Crippen LogP contribution in [0.1, 0.15) is 5.89 Å². The van der Waals surface area contributed by atoms with E-state index < -0.39 is 5.97 Å². The lowest BCUT2D eigenvalue weighted by Gasteiger charge is -1.98. The molecule has 0 fully saturated rings. The fourth-order valence-electron chi connectivity index (χ4n) is 1.77. The molecule has 3 aromatic rings. The molecule has 0 bridgehead atoms. The van der Waals surface area contributed by atoms with Crippen molar-refractivity contribution in [3.8, 4) is 11.5 Å². The summed E-state index contributed by atoms with van der Waals surface area (Å²) in [5.74, 6) is -0.587. The van der Waals surface area contributed by atoms with Gasteiger partial charge in [-0.1, -0.05) is 6.07 Å². The summed E-state index contributed by atoms with van der Waals surface area (Å²) in [5.41, 5.74) is 1.63. The smallest absolute Gasteiger partial charge is 0.328 e. The Labute approximate surface area is 113 Å². The Morgan fingerprint density at radius 2 is 2.15 bits per heavy atom. The van der Waals surface area contributed by atoms with Gasteiger partial charge in [0, 0.05) is 29.3 Å². The molecule has 2 aromatic heterocycles. The minimum absolute atomic E-state index is 0.147. The van der Waals surface area contributed by atoms with Crippen LogP contribution in [0.2, 0.25) is 0 Å². The van der Waals surface area contributed by atoms with Crippen molar-refractivity contribution in [1.29, 1.82) is 0 Å². The quantitative estimate of drug-likeness (QED) is 0.733. The number of pyridine rings is 1. The van der Waals surface area contributed by atoms with E-state index in [1.807, 2.05) is 30.3 Å². The summed E-state index contributed by atoms with van der Waals surface area (Å²) in [6.45, 7) is 0. The van der Waals surface area contributed by atoms with Crippen molar-refractivity contribution in [2.24, 2.45) is 0 Å². The van der Waals surface area contributed by atoms with Gasteiger partial charge in [0.15, 0.2) is 0 Å². The van der Waals surface area contributed by atoms with E-state index in [2.05, 4.69) is 15.2 Å². The van der Waals surface area contributed by atoms with Gasteiger partial charge in [-0.2, -0.15) is 0 Å². The average Bonchev–Trinajstić information content (AvgIpc) is 2.93. The Bertz CT molecular complexity index is 808. The predicted octanol–water partition coefficient (Wildman–Crippen LogP) is 2.38. The van der Waals surface area contributed by atoms with Crippen LogP contribution in [0.25, 0.3) is 28.4 Å². The van der Waals surface area contributed by atoms with Crippen LogP contribution < -0.4 is 0 Å². The molecule has 3 rings (SSSR count). The van der Waals surface area contributed by atoms with E-state index in [-0.39, 0.29) is 5.89 Å². The molecule has 0 amide bonds. The first-order valence-corrected chi connectivity index (χ1v) is 5.82. The molecule has 0 spiro atoms. The maximum Gasteiger partial charge on any atom is 0.328 e. The van der Waals surface area contributed by atoms with Gasteiger partial charge in [-0.25, -0.2) is 4.79 Å². The van der Waals surface area contributed by atoms with Crippen LogP contribution in [0, 0.1) is 0 Å². The first-order valence-electron chi connectivity index (χ1n) is 5.82. The van der Waals surface area contributed by atoms with Gasteiger partial charge < -0.3 is 9.52 Å². The van der Waals surface area contributed by atoms with Crippen molar-refractivity contribution in [3.05, 3.63) is 48.5 Å². The minimum Gasteiger partial charge on any atom is -0.478 e. The summed E-state index contributed by atoms with van der Waals surface area (Å²) >= 11 is 0. The molecule has 6 nitrogen and oxygen atoms in total. The molecule has 0 saturated carbocycles. The Morgan fingerprint density at radius 3 is 3.00 bits per heavy atom. The highest BCUT2D eigenvalue weighted by Gasteiger charge is 2.07. The van der Waals surface area contributed by atoms with Gasteiger partial charge in [0.2, 0.25) is 11.8 Å². The van der Waals surface area contributed by atoms with E-state index in [0.717, 1.165) is 22.5 Å². The second-order valence-electron chi connectivity index (χ2n) is 4.03. The van der Waals surface area contributed by atoms with Crippen molar-refractivity contribution in [2.45, 2.75) is 0 Å². The number of nitrogens with zero attached hydrogens (tertiary/aromatic N) is 3. The zero-order valence-corrected chi connectivity index (χ0v) is 10.2. The Balaban J connectivity index is 1.96. The van der Waals surface area contributed by atoms with Crippen molar-refractivity contribution in [1.82, 2.24) is 15.2 Å². The lowest BCUT2D eigenvalue weighted by atomic mass is 10.1. The lowest BCUT2D eigenvalue weighted by molar-refractivity contribution is -0.131. The summed E-state index contributed by atoms with van der Waals surface area (Å²) in [4.78, 5) is 14.6. The maximum atomic E-state index is 10.4. The maximum absolute atomic E-state index is 10.4. The van der Waals surface area contributed by atoms with Crippen LogP contribution in [0.5, 0.6) is 0 Å². The highest BCUT2D eigenvalue weighted by atomic mass is 16.4. The van der Waals surface area contributed by atoms with E-state index in [0.29, 0.717) is 5.89 Å². The molecular formula is C14H9N3O3. The fourth-order valence-corrected chi connectivity index (χ4v) is 1.77. The number of fused-ring (bicyclic) bond motifs is 1. The number of aliphatic carboxylic acids is 1. The van der Waals surface area contributed by atoms with E-state index in [9.17, 15) is 4.79 Å². The molecule has 0 radical (unpaired) electrons. The molecular weight excluding hydrogens is 258 g/mol. The first-order chi connectivity index (χ1) is 9.72. The standard InChI is InChI=1S/C14H9N3O3/c18-13(19)6-5-12-16-17-14(20-12)10-3-4-11-9(8-10)2-1-7-15-11/h1-8H,(H,18,19)/b6-5+. The van der Waals surface area contributed by atoms with E-state index in [1.165, 1.54) is 6.08 Å². The molecule has 20 heavy (non-hydrogen) atoms. The third kappa shape index (κ3) is 2.39. The van der Waals surface area contributed by atoms with Crippen LogP contribution >= 0.6 is 0 Å². The number of hydrogen-bond acceptors (Lipinski definition) is 5. The topological polar surface area (TPSA) is 89.1 Å². The second kappa shape index (κ2) is 4.93. The number of aromatic nitrogens is 3. The van der Waals surface area contributed by atoms with Crippen LogP contribution in [0.15, 0.2) is 47.0 Å². The second-order valence-corrected chi connectivity index (χ2v) is 4.03. The summed E-state index contributed by atoms with van der Waals surface area (Å²) in [7, 11) is 0. The van der Waals surface area contributed by atoms with Crippen LogP contribution in [0.3, 0.4) is 0 Å². The Morgan fingerprint density at radius 1 is 1.25 bits per heavy atom. The van der Waals surface area contributed by atoms with Crippen molar-refractivity contribution >= 4 is 22.9 Å². The Hall–Kier alpha value is -3.02. The summed E-state index contributed by atoms with van der Waals surface area (Å²) < 4.78 is 5.38. The molecule has 1 N–H and O–H groups in total. The SMILES string of the molecule is O=C(O)/C=C/c1nnc(-c2ccc3ncccc3c2)o1. The zero-order chi connectivity index (χ0) is 13.9.